The van der Waals surface area contributed by atoms with Crippen LogP contribution in [0.2, 0.25) is 15.1 Å². The van der Waals surface area contributed by atoms with Crippen molar-refractivity contribution in [2.75, 3.05) is 13.7 Å². The summed E-state index contributed by atoms with van der Waals surface area (Å²) < 4.78 is 11.3. The SMILES string of the molecule is COc1ccc2c(Cl)c(C(=O)NNC(=O)COc3ccc(Cl)cc3Cl)sc2c1. The van der Waals surface area contributed by atoms with Gasteiger partial charge in [-0.1, -0.05) is 34.8 Å². The molecule has 0 spiro atoms. The van der Waals surface area contributed by atoms with Crippen molar-refractivity contribution in [2.45, 2.75) is 0 Å². The van der Waals surface area contributed by atoms with Crippen LogP contribution in [0.3, 0.4) is 0 Å². The zero-order valence-electron chi connectivity index (χ0n) is 14.3. The van der Waals surface area contributed by atoms with E-state index in [-0.39, 0.29) is 16.5 Å². The van der Waals surface area contributed by atoms with Crippen molar-refractivity contribution in [3.8, 4) is 11.5 Å². The van der Waals surface area contributed by atoms with Gasteiger partial charge in [-0.3, -0.25) is 20.4 Å². The number of hydrazine groups is 1. The molecule has 28 heavy (non-hydrogen) atoms. The summed E-state index contributed by atoms with van der Waals surface area (Å²) in [5, 5.41) is 1.76. The third-order valence-corrected chi connectivity index (χ3v) is 5.80. The lowest BCUT2D eigenvalue weighted by molar-refractivity contribution is -0.123. The van der Waals surface area contributed by atoms with Gasteiger partial charge in [0.25, 0.3) is 11.8 Å². The molecule has 3 rings (SSSR count). The van der Waals surface area contributed by atoms with Crippen molar-refractivity contribution in [1.82, 2.24) is 10.9 Å². The molecule has 6 nitrogen and oxygen atoms in total. The standard InChI is InChI=1S/C18H13Cl3N2O4S/c1-26-10-3-4-11-14(7-10)28-17(16(11)21)18(25)23-22-15(24)8-27-13-5-2-9(19)6-12(13)20/h2-7H,8H2,1H3,(H,22,24)(H,23,25). The molecule has 0 bridgehead atoms. The van der Waals surface area contributed by atoms with Crippen molar-refractivity contribution in [3.05, 3.63) is 56.3 Å². The van der Waals surface area contributed by atoms with Crippen LogP contribution in [0, 0.1) is 0 Å². The summed E-state index contributed by atoms with van der Waals surface area (Å²) in [6.45, 7) is -0.348. The van der Waals surface area contributed by atoms with Gasteiger partial charge in [-0.15, -0.1) is 11.3 Å². The second-order valence-electron chi connectivity index (χ2n) is 5.47. The molecule has 0 aliphatic heterocycles. The lowest BCUT2D eigenvalue weighted by Crippen LogP contribution is -2.43. The Morgan fingerprint density at radius 1 is 1.07 bits per heavy atom. The van der Waals surface area contributed by atoms with E-state index in [1.54, 1.807) is 37.4 Å². The molecule has 1 heterocycles. The molecule has 0 unspecified atom stereocenters. The molecule has 0 saturated heterocycles. The molecular weight excluding hydrogens is 447 g/mol. The van der Waals surface area contributed by atoms with Crippen LogP contribution in [-0.4, -0.2) is 25.5 Å². The van der Waals surface area contributed by atoms with Gasteiger partial charge in [-0.05, 0) is 36.4 Å². The van der Waals surface area contributed by atoms with E-state index in [1.165, 1.54) is 17.4 Å². The number of rotatable bonds is 5. The number of thiophene rings is 1. The number of carbonyl (C=O) groups is 2. The van der Waals surface area contributed by atoms with Gasteiger partial charge in [0.1, 0.15) is 16.4 Å². The minimum absolute atomic E-state index is 0.270. The van der Waals surface area contributed by atoms with Crippen LogP contribution in [0.25, 0.3) is 10.1 Å². The Morgan fingerprint density at radius 2 is 1.86 bits per heavy atom. The van der Waals surface area contributed by atoms with Gasteiger partial charge in [-0.25, -0.2) is 0 Å². The Morgan fingerprint density at radius 3 is 2.57 bits per heavy atom. The fourth-order valence-corrected chi connectivity index (χ4v) is 4.18. The fourth-order valence-electron chi connectivity index (χ4n) is 2.27. The van der Waals surface area contributed by atoms with Crippen molar-refractivity contribution in [3.63, 3.8) is 0 Å². The predicted octanol–water partition coefficient (Wildman–Crippen LogP) is 4.71. The minimum atomic E-state index is -0.571. The predicted molar refractivity (Wildman–Crippen MR) is 111 cm³/mol. The maximum Gasteiger partial charge on any atom is 0.281 e. The molecule has 0 saturated carbocycles. The summed E-state index contributed by atoms with van der Waals surface area (Å²) in [6, 6.07) is 9.93. The van der Waals surface area contributed by atoms with Crippen LogP contribution in [0.4, 0.5) is 0 Å². The smallest absolute Gasteiger partial charge is 0.281 e. The monoisotopic (exact) mass is 458 g/mol. The highest BCUT2D eigenvalue weighted by atomic mass is 35.5. The number of benzene rings is 2. The first kappa shape index (κ1) is 20.5. The van der Waals surface area contributed by atoms with Crippen LogP contribution >= 0.6 is 46.1 Å². The number of carbonyl (C=O) groups excluding carboxylic acids is 2. The van der Waals surface area contributed by atoms with Crippen LogP contribution in [0.1, 0.15) is 9.67 Å². The van der Waals surface area contributed by atoms with Crippen molar-refractivity contribution in [1.29, 1.82) is 0 Å². The molecule has 2 amide bonds. The third kappa shape index (κ3) is 4.62. The highest BCUT2D eigenvalue weighted by molar-refractivity contribution is 7.21. The Balaban J connectivity index is 1.59. The number of nitrogens with one attached hydrogen (secondary N) is 2. The quantitative estimate of drug-likeness (QED) is 0.542. The van der Waals surface area contributed by atoms with Gasteiger partial charge in [0.05, 0.1) is 17.2 Å². The topological polar surface area (TPSA) is 76.7 Å². The molecule has 2 aromatic carbocycles. The number of halogens is 3. The first-order valence-electron chi connectivity index (χ1n) is 7.82. The van der Waals surface area contributed by atoms with Gasteiger partial charge < -0.3 is 9.47 Å². The molecular formula is C18H13Cl3N2O4S. The second kappa shape index (κ2) is 8.87. The van der Waals surface area contributed by atoms with Crippen molar-refractivity contribution < 1.29 is 19.1 Å². The Hall–Kier alpha value is -2.19. The van der Waals surface area contributed by atoms with Gasteiger partial charge in [0.15, 0.2) is 6.61 Å². The van der Waals surface area contributed by atoms with E-state index in [9.17, 15) is 9.59 Å². The zero-order valence-corrected chi connectivity index (χ0v) is 17.4. The molecule has 0 fully saturated rings. The summed E-state index contributed by atoms with van der Waals surface area (Å²) in [6.07, 6.45) is 0. The second-order valence-corrected chi connectivity index (χ2v) is 7.75. The van der Waals surface area contributed by atoms with E-state index in [1.807, 2.05) is 0 Å². The maximum atomic E-state index is 12.4. The maximum absolute atomic E-state index is 12.4. The summed E-state index contributed by atoms with van der Waals surface area (Å²) in [4.78, 5) is 24.5. The number of fused-ring (bicyclic) bond motifs is 1. The highest BCUT2D eigenvalue weighted by Crippen LogP contribution is 2.37. The number of hydrogen-bond donors (Lipinski definition) is 2. The molecule has 2 N–H and O–H groups in total. The van der Waals surface area contributed by atoms with Gasteiger partial charge in [-0.2, -0.15) is 0 Å². The first-order chi connectivity index (χ1) is 13.4. The minimum Gasteiger partial charge on any atom is -0.497 e. The summed E-state index contributed by atoms with van der Waals surface area (Å²) in [5.74, 6) is -0.154. The van der Waals surface area contributed by atoms with Crippen molar-refractivity contribution >= 4 is 68.0 Å². The number of amides is 2. The van der Waals surface area contributed by atoms with E-state index in [0.717, 1.165) is 10.1 Å². The molecule has 146 valence electrons. The highest BCUT2D eigenvalue weighted by Gasteiger charge is 2.18. The third-order valence-electron chi connectivity index (χ3n) is 3.61. The lowest BCUT2D eigenvalue weighted by Gasteiger charge is -2.09. The van der Waals surface area contributed by atoms with Crippen molar-refractivity contribution in [2.24, 2.45) is 0 Å². The van der Waals surface area contributed by atoms with Gasteiger partial charge >= 0.3 is 0 Å². The summed E-state index contributed by atoms with van der Waals surface area (Å²) in [7, 11) is 1.55. The largest absolute Gasteiger partial charge is 0.497 e. The van der Waals surface area contributed by atoms with E-state index in [4.69, 9.17) is 44.3 Å². The average molecular weight is 460 g/mol. The number of methoxy groups -OCH3 is 1. The lowest BCUT2D eigenvalue weighted by atomic mass is 10.2. The Labute approximate surface area is 179 Å². The Bertz CT molecular complexity index is 1050. The molecule has 0 aliphatic rings. The molecule has 0 atom stereocenters. The molecule has 10 heteroatoms. The first-order valence-corrected chi connectivity index (χ1v) is 9.77. The van der Waals surface area contributed by atoms with E-state index in [0.29, 0.717) is 21.5 Å². The molecule has 0 radical (unpaired) electrons. The molecule has 1 aromatic heterocycles. The fraction of sp³-hybridized carbons (Fsp3) is 0.111. The van der Waals surface area contributed by atoms with Crippen LogP contribution in [0.15, 0.2) is 36.4 Å². The molecule has 0 aliphatic carbocycles. The van der Waals surface area contributed by atoms with Crippen LogP contribution in [0.5, 0.6) is 11.5 Å². The van der Waals surface area contributed by atoms with Gasteiger partial charge in [0.2, 0.25) is 0 Å². The van der Waals surface area contributed by atoms with Gasteiger partial charge in [0, 0.05) is 15.1 Å². The Kier molecular flexibility index (Phi) is 6.51. The molecule has 3 aromatic rings. The summed E-state index contributed by atoms with van der Waals surface area (Å²) >= 11 is 19.2. The van der Waals surface area contributed by atoms with E-state index in [2.05, 4.69) is 10.9 Å². The van der Waals surface area contributed by atoms with Crippen LogP contribution < -0.4 is 20.3 Å². The van der Waals surface area contributed by atoms with Crippen LogP contribution in [-0.2, 0) is 4.79 Å². The number of hydrogen-bond acceptors (Lipinski definition) is 5. The number of ether oxygens (including phenoxy) is 2. The zero-order chi connectivity index (χ0) is 20.3. The summed E-state index contributed by atoms with van der Waals surface area (Å²) in [5.41, 5.74) is 4.58. The normalized spacial score (nSPS) is 10.6. The van der Waals surface area contributed by atoms with E-state index >= 15 is 0 Å². The average Bonchev–Trinajstić information content (AvgIpc) is 3.01. The van der Waals surface area contributed by atoms with E-state index < -0.39 is 11.8 Å².